The van der Waals surface area contributed by atoms with E-state index in [9.17, 15) is 9.59 Å². The molecule has 0 aliphatic heterocycles. The predicted octanol–water partition coefficient (Wildman–Crippen LogP) is 11.9. The molecular weight excluding hydrogens is 733 g/mol. The van der Waals surface area contributed by atoms with Gasteiger partial charge in [0, 0.05) is 36.6 Å². The Morgan fingerprint density at radius 2 is 0.854 bits per heavy atom. The van der Waals surface area contributed by atoms with Crippen LogP contribution in [0.1, 0.15) is 103 Å². The Hall–Kier alpha value is -1.54. The average molecular weight is 782 g/mol. The van der Waals surface area contributed by atoms with Gasteiger partial charge in [-0.05, 0) is 49.9 Å². The number of hydrogen-bond acceptors (Lipinski definition) is 4. The molecule has 0 unspecified atom stereocenters. The van der Waals surface area contributed by atoms with Crippen LogP contribution in [-0.4, -0.2) is 43.5 Å². The van der Waals surface area contributed by atoms with Gasteiger partial charge in [0.05, 0.1) is 0 Å². The molecule has 48 heavy (non-hydrogen) atoms. The SMILES string of the molecule is O=C(N(C/C=C/Cl)c1ccccn1)C(Cl)(Cl)CCCCCCCCCCCCCCCCC(Cl)(Cl)C(=O)N(C/C=C/Cl)c1ccccn1. The largest absolute Gasteiger partial charge is 0.290 e. The van der Waals surface area contributed by atoms with Gasteiger partial charge in [-0.25, -0.2) is 9.97 Å². The van der Waals surface area contributed by atoms with Gasteiger partial charge >= 0.3 is 0 Å². The van der Waals surface area contributed by atoms with E-state index in [1.165, 1.54) is 72.2 Å². The summed E-state index contributed by atoms with van der Waals surface area (Å²) in [6, 6.07) is 10.7. The minimum absolute atomic E-state index is 0.246. The normalized spacial score (nSPS) is 12.2. The highest BCUT2D eigenvalue weighted by Crippen LogP contribution is 2.33. The minimum atomic E-state index is -1.51. The highest BCUT2D eigenvalue weighted by molar-refractivity contribution is 6.59. The summed E-state index contributed by atoms with van der Waals surface area (Å²) >= 11 is 37.4. The fraction of sp³-hybridized carbons (Fsp3) is 0.556. The molecule has 2 aromatic rings. The quantitative estimate of drug-likeness (QED) is 0.0743. The highest BCUT2D eigenvalue weighted by Gasteiger charge is 2.38. The number of hydrogen-bond donors (Lipinski definition) is 0. The number of anilines is 2. The molecule has 6 nitrogen and oxygen atoms in total. The zero-order chi connectivity index (χ0) is 35.1. The maximum Gasteiger partial charge on any atom is 0.264 e. The Balaban J connectivity index is 1.50. The molecule has 0 atom stereocenters. The first-order valence-electron chi connectivity index (χ1n) is 16.9. The van der Waals surface area contributed by atoms with Crippen LogP contribution < -0.4 is 9.80 Å². The van der Waals surface area contributed by atoms with Crippen molar-refractivity contribution in [2.24, 2.45) is 0 Å². The van der Waals surface area contributed by atoms with Gasteiger partial charge in [-0.2, -0.15) is 0 Å². The number of amides is 2. The Labute approximate surface area is 317 Å². The molecule has 0 radical (unpaired) electrons. The van der Waals surface area contributed by atoms with Crippen molar-refractivity contribution in [3.8, 4) is 0 Å². The van der Waals surface area contributed by atoms with Gasteiger partial charge in [0.2, 0.25) is 0 Å². The molecule has 0 saturated heterocycles. The van der Waals surface area contributed by atoms with Crippen molar-refractivity contribution in [3.05, 3.63) is 72.0 Å². The topological polar surface area (TPSA) is 66.4 Å². The number of rotatable bonds is 25. The molecular formula is C36H48Cl6N4O2. The Bertz CT molecular complexity index is 1140. The second-order valence-corrected chi connectivity index (χ2v) is 15.3. The van der Waals surface area contributed by atoms with E-state index < -0.39 is 8.67 Å². The maximum absolute atomic E-state index is 13.1. The lowest BCUT2D eigenvalue weighted by molar-refractivity contribution is -0.120. The molecule has 2 amide bonds. The van der Waals surface area contributed by atoms with Crippen LogP contribution in [0.4, 0.5) is 11.6 Å². The summed E-state index contributed by atoms with van der Waals surface area (Å²) in [6.07, 6.45) is 22.8. The standard InChI is InChI=1S/C36H48Cl6N4O2/c37-25-19-29-45(31-21-13-17-27-43-31)33(47)35(39,40)23-15-11-9-7-5-3-1-2-4-6-8-10-12-16-24-36(41,42)34(48)46(30-20-26-38)32-22-14-18-28-44-32/h13-14,17-22,25-28H,1-12,15-16,23-24,29-30H2/b25-19+,26-20+. The van der Waals surface area contributed by atoms with Crippen LogP contribution in [-0.2, 0) is 9.59 Å². The van der Waals surface area contributed by atoms with Gasteiger partial charge in [-0.3, -0.25) is 19.4 Å². The molecule has 2 rings (SSSR count). The summed E-state index contributed by atoms with van der Waals surface area (Å²) in [7, 11) is 0. The van der Waals surface area contributed by atoms with Gasteiger partial charge in [-0.15, -0.1) is 0 Å². The summed E-state index contributed by atoms with van der Waals surface area (Å²) in [5.41, 5.74) is 2.72. The van der Waals surface area contributed by atoms with Crippen LogP contribution in [0, 0.1) is 0 Å². The first-order chi connectivity index (χ1) is 23.1. The molecule has 0 aliphatic rings. The van der Waals surface area contributed by atoms with Crippen molar-refractivity contribution < 1.29 is 9.59 Å². The van der Waals surface area contributed by atoms with Crippen LogP contribution in [0.5, 0.6) is 0 Å². The second-order valence-electron chi connectivity index (χ2n) is 11.8. The summed E-state index contributed by atoms with van der Waals surface area (Å²) in [5, 5.41) is 0. The van der Waals surface area contributed by atoms with Crippen molar-refractivity contribution >= 4 is 93.1 Å². The minimum Gasteiger partial charge on any atom is -0.290 e. The molecule has 0 aliphatic carbocycles. The number of alkyl halides is 4. The monoisotopic (exact) mass is 778 g/mol. The Kier molecular flexibility index (Phi) is 21.8. The van der Waals surface area contributed by atoms with Crippen LogP contribution in [0.15, 0.2) is 72.0 Å². The van der Waals surface area contributed by atoms with Crippen LogP contribution in [0.25, 0.3) is 0 Å². The molecule has 266 valence electrons. The van der Waals surface area contributed by atoms with Crippen LogP contribution >= 0.6 is 69.6 Å². The summed E-state index contributed by atoms with van der Waals surface area (Å²) in [6.45, 7) is 0.491. The summed E-state index contributed by atoms with van der Waals surface area (Å²) in [4.78, 5) is 37.7. The first kappa shape index (κ1) is 42.6. The lowest BCUT2D eigenvalue weighted by Crippen LogP contribution is -2.43. The van der Waals surface area contributed by atoms with E-state index in [0.29, 0.717) is 24.5 Å². The van der Waals surface area contributed by atoms with Crippen molar-refractivity contribution in [1.82, 2.24) is 9.97 Å². The van der Waals surface area contributed by atoms with E-state index >= 15 is 0 Å². The fourth-order valence-corrected chi connectivity index (χ4v) is 6.40. The van der Waals surface area contributed by atoms with Gasteiger partial charge in [0.25, 0.3) is 11.8 Å². The maximum atomic E-state index is 13.1. The number of halogens is 6. The summed E-state index contributed by atoms with van der Waals surface area (Å²) < 4.78 is -3.03. The van der Waals surface area contributed by atoms with Gasteiger partial charge in [-0.1, -0.05) is 171 Å². The van der Waals surface area contributed by atoms with E-state index in [-0.39, 0.29) is 24.9 Å². The molecule has 12 heteroatoms. The molecule has 2 aromatic heterocycles. The number of aromatic nitrogens is 2. The summed E-state index contributed by atoms with van der Waals surface area (Å²) in [5.74, 6) is 0.193. The lowest BCUT2D eigenvalue weighted by atomic mass is 10.0. The predicted molar refractivity (Wildman–Crippen MR) is 206 cm³/mol. The third-order valence-corrected chi connectivity index (χ3v) is 9.71. The molecule has 0 aromatic carbocycles. The molecule has 2 heterocycles. The molecule has 0 spiro atoms. The number of unbranched alkanes of at least 4 members (excludes halogenated alkanes) is 13. The third-order valence-electron chi connectivity index (χ3n) is 7.95. The van der Waals surface area contributed by atoms with Crippen molar-refractivity contribution in [1.29, 1.82) is 0 Å². The van der Waals surface area contributed by atoms with E-state index in [4.69, 9.17) is 69.6 Å². The number of carbonyl (C=O) groups is 2. The van der Waals surface area contributed by atoms with E-state index in [0.717, 1.165) is 38.5 Å². The Morgan fingerprint density at radius 3 is 1.12 bits per heavy atom. The second kappa shape index (κ2) is 24.6. The lowest BCUT2D eigenvalue weighted by Gasteiger charge is -2.27. The highest BCUT2D eigenvalue weighted by atomic mass is 35.5. The van der Waals surface area contributed by atoms with E-state index in [1.807, 2.05) is 12.1 Å². The average Bonchev–Trinajstić information content (AvgIpc) is 3.09. The smallest absolute Gasteiger partial charge is 0.264 e. The molecule has 0 fully saturated rings. The van der Waals surface area contributed by atoms with Crippen molar-refractivity contribution in [2.45, 2.75) is 111 Å². The van der Waals surface area contributed by atoms with Crippen molar-refractivity contribution in [3.63, 3.8) is 0 Å². The van der Waals surface area contributed by atoms with Crippen LogP contribution in [0.3, 0.4) is 0 Å². The van der Waals surface area contributed by atoms with Crippen molar-refractivity contribution in [2.75, 3.05) is 22.9 Å². The van der Waals surface area contributed by atoms with Gasteiger partial charge < -0.3 is 0 Å². The molecule has 0 bridgehead atoms. The zero-order valence-electron chi connectivity index (χ0n) is 27.5. The van der Waals surface area contributed by atoms with Gasteiger partial charge in [0.1, 0.15) is 11.6 Å². The fourth-order valence-electron chi connectivity index (χ4n) is 5.30. The third kappa shape index (κ3) is 16.4. The number of nitrogens with zero attached hydrogens (tertiary/aromatic N) is 4. The molecule has 0 saturated carbocycles. The zero-order valence-corrected chi connectivity index (χ0v) is 32.1. The number of carbonyl (C=O) groups excluding carboxylic acids is 2. The van der Waals surface area contributed by atoms with E-state index in [1.54, 1.807) is 48.8 Å². The molecule has 0 N–H and O–H groups in total. The first-order valence-corrected chi connectivity index (χ1v) is 19.2. The van der Waals surface area contributed by atoms with Gasteiger partial charge in [0.15, 0.2) is 8.67 Å². The van der Waals surface area contributed by atoms with Crippen LogP contribution in [0.2, 0.25) is 0 Å². The number of pyridine rings is 2. The Morgan fingerprint density at radius 1 is 0.542 bits per heavy atom. The van der Waals surface area contributed by atoms with E-state index in [2.05, 4.69) is 9.97 Å².